The fraction of sp³-hybridized carbons (Fsp3) is 1.00. The average molecular weight is 109 g/mol. The average Bonchev–Trinajstić information content (AvgIpc) is 2.60. The summed E-state index contributed by atoms with van der Waals surface area (Å²) in [7, 11) is 0. The van der Waals surface area contributed by atoms with Gasteiger partial charge in [-0.05, 0) is 43.2 Å². The van der Waals surface area contributed by atoms with Gasteiger partial charge in [-0.1, -0.05) is 0 Å². The van der Waals surface area contributed by atoms with Crippen molar-refractivity contribution in [3.63, 3.8) is 0 Å². The molecule has 0 aromatic carbocycles. The molecule has 0 aromatic heterocycles. The van der Waals surface area contributed by atoms with Gasteiger partial charge >= 0.3 is 0 Å². The molecule has 0 radical (unpaired) electrons. The maximum absolute atomic E-state index is 3.42. The molecule has 1 nitrogen and oxygen atoms in total. The Hall–Kier alpha value is -0.0400. The highest BCUT2D eigenvalue weighted by atomic mass is 15.0. The molecule has 2 saturated carbocycles. The third-order valence-corrected chi connectivity index (χ3v) is 3.41. The van der Waals surface area contributed by atoms with E-state index in [2.05, 4.69) is 5.32 Å². The van der Waals surface area contributed by atoms with Crippen LogP contribution in [0, 0.1) is 17.3 Å². The van der Waals surface area contributed by atoms with Crippen LogP contribution in [0.5, 0.6) is 0 Å². The predicted octanol–water partition coefficient (Wildman–Crippen LogP) is 0.616. The Bertz CT molecular complexity index is 125. The maximum Gasteiger partial charge on any atom is -0.00116 e. The highest BCUT2D eigenvalue weighted by molar-refractivity contribution is 5.22. The fourth-order valence-corrected chi connectivity index (χ4v) is 2.64. The molecule has 3 aliphatic rings. The quantitative estimate of drug-likeness (QED) is 0.480. The Kier molecular flexibility index (Phi) is 0.418. The van der Waals surface area contributed by atoms with Gasteiger partial charge in [-0.3, -0.25) is 0 Å². The number of fused-ring (bicyclic) bond motifs is 3. The summed E-state index contributed by atoms with van der Waals surface area (Å²) in [5, 5.41) is 3.42. The van der Waals surface area contributed by atoms with Crippen molar-refractivity contribution in [1.82, 2.24) is 5.32 Å². The third kappa shape index (κ3) is 0.235. The van der Waals surface area contributed by atoms with E-state index in [4.69, 9.17) is 0 Å². The highest BCUT2D eigenvalue weighted by Gasteiger charge is 2.72. The summed E-state index contributed by atoms with van der Waals surface area (Å²) in [6.07, 6.45) is 3.12. The fourth-order valence-electron chi connectivity index (χ4n) is 2.64. The summed E-state index contributed by atoms with van der Waals surface area (Å²) < 4.78 is 0. The van der Waals surface area contributed by atoms with Crippen LogP contribution >= 0.6 is 0 Å². The molecule has 0 bridgehead atoms. The predicted molar refractivity (Wildman–Crippen MR) is 31.5 cm³/mol. The van der Waals surface area contributed by atoms with Crippen molar-refractivity contribution in [2.24, 2.45) is 17.3 Å². The second kappa shape index (κ2) is 0.860. The second-order valence-electron chi connectivity index (χ2n) is 3.60. The first kappa shape index (κ1) is 3.89. The summed E-state index contributed by atoms with van der Waals surface area (Å²) in [6, 6.07) is 0. The topological polar surface area (TPSA) is 12.0 Å². The highest BCUT2D eigenvalue weighted by Crippen LogP contribution is 2.75. The summed E-state index contributed by atoms with van der Waals surface area (Å²) in [5.74, 6) is 2.25. The van der Waals surface area contributed by atoms with E-state index < -0.39 is 0 Å². The van der Waals surface area contributed by atoms with E-state index in [-0.39, 0.29) is 0 Å². The molecule has 1 heterocycles. The standard InChI is InChI=1S/C7H11N/c1-2-7(1)5-3-8-4-6(5)7/h5-6,8H,1-4H2/t5-,6+. The molecule has 1 N–H and O–H groups in total. The van der Waals surface area contributed by atoms with E-state index in [0.29, 0.717) is 0 Å². The Morgan fingerprint density at radius 2 is 1.75 bits per heavy atom. The first-order chi connectivity index (χ1) is 3.93. The number of nitrogens with one attached hydrogen (secondary N) is 1. The third-order valence-electron chi connectivity index (χ3n) is 3.41. The molecule has 1 heteroatoms. The van der Waals surface area contributed by atoms with Crippen LogP contribution in [0.1, 0.15) is 12.8 Å². The van der Waals surface area contributed by atoms with Crippen LogP contribution in [0.4, 0.5) is 0 Å². The van der Waals surface area contributed by atoms with E-state index in [9.17, 15) is 0 Å². The van der Waals surface area contributed by atoms with E-state index in [0.717, 1.165) is 17.3 Å². The van der Waals surface area contributed by atoms with Crippen molar-refractivity contribution in [2.75, 3.05) is 13.1 Å². The zero-order valence-electron chi connectivity index (χ0n) is 4.98. The molecule has 1 saturated heterocycles. The van der Waals surface area contributed by atoms with Gasteiger partial charge < -0.3 is 5.32 Å². The van der Waals surface area contributed by atoms with E-state index in [1.54, 1.807) is 12.8 Å². The first-order valence-electron chi connectivity index (χ1n) is 3.64. The molecule has 0 aromatic rings. The normalized spacial score (nSPS) is 54.0. The SMILES string of the molecule is C1NC[C@H]2[C@@H]1C21CC1. The van der Waals surface area contributed by atoms with E-state index in [1.807, 2.05) is 0 Å². The van der Waals surface area contributed by atoms with Crippen molar-refractivity contribution in [3.05, 3.63) is 0 Å². The van der Waals surface area contributed by atoms with Gasteiger partial charge in [-0.15, -0.1) is 0 Å². The largest absolute Gasteiger partial charge is 0.316 e. The number of hydrogen-bond acceptors (Lipinski definition) is 1. The molecule has 44 valence electrons. The lowest BCUT2D eigenvalue weighted by molar-refractivity contribution is 0.591. The van der Waals surface area contributed by atoms with Crippen LogP contribution in [0.3, 0.4) is 0 Å². The summed E-state index contributed by atoms with van der Waals surface area (Å²) >= 11 is 0. The Morgan fingerprint density at radius 1 is 1.12 bits per heavy atom. The molecule has 3 rings (SSSR count). The Balaban J connectivity index is 1.94. The molecule has 0 amide bonds. The van der Waals surface area contributed by atoms with Crippen LogP contribution in [0.2, 0.25) is 0 Å². The van der Waals surface area contributed by atoms with E-state index >= 15 is 0 Å². The van der Waals surface area contributed by atoms with Gasteiger partial charge in [0.15, 0.2) is 0 Å². The Morgan fingerprint density at radius 3 is 2.12 bits per heavy atom. The molecule has 2 aliphatic carbocycles. The molecule has 3 fully saturated rings. The minimum atomic E-state index is 0.950. The van der Waals surface area contributed by atoms with Crippen molar-refractivity contribution in [2.45, 2.75) is 12.8 Å². The second-order valence-corrected chi connectivity index (χ2v) is 3.60. The number of piperidine rings is 1. The van der Waals surface area contributed by atoms with Crippen LogP contribution in [-0.4, -0.2) is 13.1 Å². The van der Waals surface area contributed by atoms with Gasteiger partial charge in [0.2, 0.25) is 0 Å². The van der Waals surface area contributed by atoms with Crippen molar-refractivity contribution in [3.8, 4) is 0 Å². The lowest BCUT2D eigenvalue weighted by Crippen LogP contribution is -2.14. The number of hydrogen-bond donors (Lipinski definition) is 1. The minimum absolute atomic E-state index is 0.950. The molecular weight excluding hydrogens is 98.1 g/mol. The smallest absolute Gasteiger partial charge is 0.00116 e. The number of rotatable bonds is 0. The molecule has 8 heavy (non-hydrogen) atoms. The molecular formula is C7H11N. The van der Waals surface area contributed by atoms with Crippen LogP contribution in [0.15, 0.2) is 0 Å². The first-order valence-corrected chi connectivity index (χ1v) is 3.64. The van der Waals surface area contributed by atoms with Crippen molar-refractivity contribution in [1.29, 1.82) is 0 Å². The van der Waals surface area contributed by atoms with Gasteiger partial charge in [0.1, 0.15) is 0 Å². The minimum Gasteiger partial charge on any atom is -0.316 e. The van der Waals surface area contributed by atoms with E-state index in [1.165, 1.54) is 13.1 Å². The summed E-state index contributed by atoms with van der Waals surface area (Å²) in [5.41, 5.74) is 0.950. The van der Waals surface area contributed by atoms with Gasteiger partial charge in [0, 0.05) is 0 Å². The van der Waals surface area contributed by atoms with Crippen LogP contribution in [-0.2, 0) is 0 Å². The Labute approximate surface area is 49.5 Å². The molecule has 0 unspecified atom stereocenters. The van der Waals surface area contributed by atoms with Crippen LogP contribution < -0.4 is 5.32 Å². The lowest BCUT2D eigenvalue weighted by atomic mass is 10.3. The van der Waals surface area contributed by atoms with Crippen molar-refractivity contribution >= 4 is 0 Å². The summed E-state index contributed by atoms with van der Waals surface area (Å²) in [6.45, 7) is 2.68. The zero-order chi connectivity index (χ0) is 5.19. The molecule has 1 aliphatic heterocycles. The lowest BCUT2D eigenvalue weighted by Gasteiger charge is -1.96. The maximum atomic E-state index is 3.42. The van der Waals surface area contributed by atoms with Crippen molar-refractivity contribution < 1.29 is 0 Å². The molecule has 1 spiro atoms. The zero-order valence-corrected chi connectivity index (χ0v) is 4.98. The van der Waals surface area contributed by atoms with Gasteiger partial charge in [-0.2, -0.15) is 0 Å². The monoisotopic (exact) mass is 109 g/mol. The van der Waals surface area contributed by atoms with Gasteiger partial charge in [-0.25, -0.2) is 0 Å². The molecule has 2 atom stereocenters. The van der Waals surface area contributed by atoms with Crippen LogP contribution in [0.25, 0.3) is 0 Å². The van der Waals surface area contributed by atoms with Gasteiger partial charge in [0.05, 0.1) is 0 Å². The summed E-state index contributed by atoms with van der Waals surface area (Å²) in [4.78, 5) is 0. The van der Waals surface area contributed by atoms with Gasteiger partial charge in [0.25, 0.3) is 0 Å².